The molecule has 0 spiro atoms. The summed E-state index contributed by atoms with van der Waals surface area (Å²) in [6.45, 7) is 3.25. The summed E-state index contributed by atoms with van der Waals surface area (Å²) >= 11 is 4.89. The smallest absolute Gasteiger partial charge is 0.422 e. The van der Waals surface area contributed by atoms with Crippen LogP contribution in [-0.4, -0.2) is 23.3 Å². The van der Waals surface area contributed by atoms with Gasteiger partial charge in [-0.25, -0.2) is 14.4 Å². The molecule has 0 bridgehead atoms. The molecule has 0 aromatic carbocycles. The van der Waals surface area contributed by atoms with E-state index < -0.39 is 18.2 Å². The number of hydrogen-bond acceptors (Lipinski definition) is 3. The third-order valence-electron chi connectivity index (χ3n) is 1.16. The van der Waals surface area contributed by atoms with E-state index in [4.69, 9.17) is 16.9 Å². The first-order chi connectivity index (χ1) is 5.49. The Bertz CT molecular complexity index is 182. The topological polar surface area (TPSA) is 75.6 Å². The van der Waals surface area contributed by atoms with Crippen LogP contribution in [0.25, 0.3) is 0 Å². The molecule has 0 saturated carbocycles. The van der Waals surface area contributed by atoms with Crippen molar-refractivity contribution in [3.05, 3.63) is 0 Å². The van der Waals surface area contributed by atoms with E-state index in [0.29, 0.717) is 0 Å². The standard InChI is InChI=1S/C6H10ClNO4/c1-3(2)4(5(9)10)12-6(11)8-7/h3-4H,1-2H3,(H,8,11)(H,9,10). The molecule has 0 aliphatic rings. The number of carboxylic acid groups (broad SMARTS) is 1. The molecule has 0 aliphatic heterocycles. The number of hydrogen-bond donors (Lipinski definition) is 2. The van der Waals surface area contributed by atoms with Gasteiger partial charge in [-0.3, -0.25) is 0 Å². The highest BCUT2D eigenvalue weighted by atomic mass is 35.5. The van der Waals surface area contributed by atoms with E-state index in [2.05, 4.69) is 4.74 Å². The molecule has 0 aromatic rings. The number of aliphatic carboxylic acids is 1. The number of halogens is 1. The van der Waals surface area contributed by atoms with Crippen molar-refractivity contribution in [1.82, 2.24) is 4.84 Å². The third kappa shape index (κ3) is 3.43. The van der Waals surface area contributed by atoms with E-state index in [9.17, 15) is 9.59 Å². The normalized spacial score (nSPS) is 12.3. The monoisotopic (exact) mass is 195 g/mol. The van der Waals surface area contributed by atoms with Crippen LogP contribution in [0.5, 0.6) is 0 Å². The van der Waals surface area contributed by atoms with E-state index in [1.807, 2.05) is 0 Å². The fourth-order valence-corrected chi connectivity index (χ4v) is 0.654. The van der Waals surface area contributed by atoms with Crippen LogP contribution in [0.1, 0.15) is 13.8 Å². The van der Waals surface area contributed by atoms with E-state index in [-0.39, 0.29) is 5.92 Å². The Hall–Kier alpha value is -0.970. The quantitative estimate of drug-likeness (QED) is 0.659. The van der Waals surface area contributed by atoms with Crippen molar-refractivity contribution in [3.63, 3.8) is 0 Å². The zero-order valence-corrected chi connectivity index (χ0v) is 7.46. The van der Waals surface area contributed by atoms with Gasteiger partial charge in [0.25, 0.3) is 0 Å². The van der Waals surface area contributed by atoms with E-state index in [1.165, 1.54) is 0 Å². The van der Waals surface area contributed by atoms with Crippen LogP contribution in [0.2, 0.25) is 0 Å². The molecule has 0 radical (unpaired) electrons. The van der Waals surface area contributed by atoms with Gasteiger partial charge < -0.3 is 9.84 Å². The summed E-state index contributed by atoms with van der Waals surface area (Å²) in [5.41, 5.74) is 0. The molecule has 1 atom stereocenters. The largest absolute Gasteiger partial charge is 0.478 e. The second-order valence-corrected chi connectivity index (χ2v) is 2.69. The van der Waals surface area contributed by atoms with Gasteiger partial charge in [0, 0.05) is 17.7 Å². The van der Waals surface area contributed by atoms with Crippen molar-refractivity contribution in [2.75, 3.05) is 0 Å². The molecule has 1 amide bonds. The van der Waals surface area contributed by atoms with Crippen LogP contribution in [0.3, 0.4) is 0 Å². The van der Waals surface area contributed by atoms with Gasteiger partial charge in [0.05, 0.1) is 0 Å². The summed E-state index contributed by atoms with van der Waals surface area (Å²) in [7, 11) is 0. The molecule has 12 heavy (non-hydrogen) atoms. The van der Waals surface area contributed by atoms with Gasteiger partial charge in [0.1, 0.15) is 0 Å². The lowest BCUT2D eigenvalue weighted by molar-refractivity contribution is -0.149. The van der Waals surface area contributed by atoms with Crippen LogP contribution >= 0.6 is 11.8 Å². The second-order valence-electron chi connectivity index (χ2n) is 2.50. The van der Waals surface area contributed by atoms with E-state index >= 15 is 0 Å². The Morgan fingerprint density at radius 2 is 2.00 bits per heavy atom. The lowest BCUT2D eigenvalue weighted by Crippen LogP contribution is -2.34. The molecule has 0 heterocycles. The van der Waals surface area contributed by atoms with E-state index in [0.717, 1.165) is 0 Å². The summed E-state index contributed by atoms with van der Waals surface area (Å²) in [6, 6.07) is 0. The molecule has 0 aliphatic carbocycles. The molecule has 1 unspecified atom stereocenters. The molecule has 6 heteroatoms. The summed E-state index contributed by atoms with van der Waals surface area (Å²) in [5, 5.41) is 8.54. The van der Waals surface area contributed by atoms with E-state index in [1.54, 1.807) is 18.7 Å². The molecule has 0 fully saturated rings. The summed E-state index contributed by atoms with van der Waals surface area (Å²) in [4.78, 5) is 22.6. The Kier molecular flexibility index (Phi) is 4.43. The zero-order chi connectivity index (χ0) is 9.72. The van der Waals surface area contributed by atoms with Gasteiger partial charge in [-0.05, 0) is 0 Å². The number of carboxylic acids is 1. The highest BCUT2D eigenvalue weighted by molar-refractivity contribution is 6.20. The predicted molar refractivity (Wildman–Crippen MR) is 41.7 cm³/mol. The van der Waals surface area contributed by atoms with Crippen molar-refractivity contribution in [2.45, 2.75) is 20.0 Å². The lowest BCUT2D eigenvalue weighted by Gasteiger charge is -2.15. The molecule has 0 aromatic heterocycles. The minimum Gasteiger partial charge on any atom is -0.478 e. The number of carbonyl (C=O) groups is 2. The van der Waals surface area contributed by atoms with Crippen molar-refractivity contribution >= 4 is 23.8 Å². The average molecular weight is 196 g/mol. The minimum atomic E-state index is -1.19. The molecule has 70 valence electrons. The van der Waals surface area contributed by atoms with Crippen LogP contribution in [0.15, 0.2) is 0 Å². The first kappa shape index (κ1) is 11.0. The van der Waals surface area contributed by atoms with Crippen molar-refractivity contribution in [3.8, 4) is 0 Å². The average Bonchev–Trinajstić information content (AvgIpc) is 1.98. The number of rotatable bonds is 3. The Morgan fingerprint density at radius 1 is 1.50 bits per heavy atom. The SMILES string of the molecule is CC(C)C(OC(=O)NCl)C(=O)O. The molecular formula is C6H10ClNO4. The maximum absolute atomic E-state index is 10.5. The Balaban J connectivity index is 4.14. The van der Waals surface area contributed by atoms with Crippen molar-refractivity contribution < 1.29 is 19.4 Å². The zero-order valence-electron chi connectivity index (χ0n) is 6.70. The maximum atomic E-state index is 10.5. The summed E-state index contributed by atoms with van der Waals surface area (Å²) < 4.78 is 4.44. The fourth-order valence-electron chi connectivity index (χ4n) is 0.609. The van der Waals surface area contributed by atoms with Crippen LogP contribution in [0, 0.1) is 5.92 Å². The maximum Gasteiger partial charge on any atom is 0.422 e. The Morgan fingerprint density at radius 3 is 2.25 bits per heavy atom. The second kappa shape index (κ2) is 4.82. The lowest BCUT2D eigenvalue weighted by atomic mass is 10.1. The molecule has 2 N–H and O–H groups in total. The van der Waals surface area contributed by atoms with Gasteiger partial charge in [-0.15, -0.1) is 0 Å². The molecular weight excluding hydrogens is 186 g/mol. The Labute approximate surface area is 74.8 Å². The van der Waals surface area contributed by atoms with Gasteiger partial charge in [-0.2, -0.15) is 0 Å². The van der Waals surface area contributed by atoms with Crippen molar-refractivity contribution in [1.29, 1.82) is 0 Å². The molecule has 0 saturated heterocycles. The van der Waals surface area contributed by atoms with Crippen LogP contribution in [0.4, 0.5) is 4.79 Å². The number of ether oxygens (including phenoxy) is 1. The first-order valence-corrected chi connectivity index (χ1v) is 3.67. The molecule has 5 nitrogen and oxygen atoms in total. The van der Waals surface area contributed by atoms with Gasteiger partial charge in [0.15, 0.2) is 0 Å². The predicted octanol–water partition coefficient (Wildman–Crippen LogP) is 0.976. The van der Waals surface area contributed by atoms with Gasteiger partial charge in [-0.1, -0.05) is 13.8 Å². The van der Waals surface area contributed by atoms with Crippen LogP contribution in [-0.2, 0) is 9.53 Å². The summed E-state index contributed by atoms with van der Waals surface area (Å²) in [6.07, 6.45) is -2.12. The highest BCUT2D eigenvalue weighted by Crippen LogP contribution is 2.06. The minimum absolute atomic E-state index is 0.295. The van der Waals surface area contributed by atoms with Crippen molar-refractivity contribution in [2.24, 2.45) is 5.92 Å². The van der Waals surface area contributed by atoms with Gasteiger partial charge >= 0.3 is 12.1 Å². The fraction of sp³-hybridized carbons (Fsp3) is 0.667. The third-order valence-corrected chi connectivity index (χ3v) is 1.31. The number of carbonyl (C=O) groups excluding carboxylic acids is 1. The van der Waals surface area contributed by atoms with Crippen LogP contribution < -0.4 is 4.84 Å². The van der Waals surface area contributed by atoms with Gasteiger partial charge in [0.2, 0.25) is 6.10 Å². The summed E-state index contributed by atoms with van der Waals surface area (Å²) in [5.74, 6) is -1.48. The highest BCUT2D eigenvalue weighted by Gasteiger charge is 2.25. The number of nitrogens with one attached hydrogen (secondary N) is 1. The molecule has 0 rings (SSSR count). The first-order valence-electron chi connectivity index (χ1n) is 3.29. The number of amides is 1.